The Balaban J connectivity index is 1.74. The molecule has 1 fully saturated rings. The normalized spacial score (nSPS) is 18.1. The highest BCUT2D eigenvalue weighted by molar-refractivity contribution is 6.46. The molecule has 1 unspecified atom stereocenters. The van der Waals surface area contributed by atoms with Crippen LogP contribution >= 0.6 is 0 Å². The van der Waals surface area contributed by atoms with E-state index in [2.05, 4.69) is 0 Å². The largest absolute Gasteiger partial charge is 0.507 e. The highest BCUT2D eigenvalue weighted by atomic mass is 16.3. The van der Waals surface area contributed by atoms with E-state index in [9.17, 15) is 14.7 Å². The summed E-state index contributed by atoms with van der Waals surface area (Å²) in [5.41, 5.74) is 3.37. The number of amides is 1. The summed E-state index contributed by atoms with van der Waals surface area (Å²) in [5, 5.41) is 12.1. The number of fused-ring (bicyclic) bond motifs is 1. The molecule has 0 spiro atoms. The summed E-state index contributed by atoms with van der Waals surface area (Å²) in [6.45, 7) is 2.07. The van der Waals surface area contributed by atoms with Crippen LogP contribution in [0.1, 0.15) is 28.5 Å². The van der Waals surface area contributed by atoms with Crippen molar-refractivity contribution in [2.75, 3.05) is 0 Å². The van der Waals surface area contributed by atoms with E-state index in [1.54, 1.807) is 24.3 Å². The number of rotatable bonds is 4. The summed E-state index contributed by atoms with van der Waals surface area (Å²) in [6, 6.07) is 17.8. The zero-order valence-corrected chi connectivity index (χ0v) is 17.8. The van der Waals surface area contributed by atoms with Gasteiger partial charge in [0, 0.05) is 35.3 Å². The van der Waals surface area contributed by atoms with E-state index in [0.29, 0.717) is 11.3 Å². The molecular weight excluding hydrogens is 404 g/mol. The number of ketones is 1. The Hall–Kier alpha value is -4.06. The second-order valence-corrected chi connectivity index (χ2v) is 8.08. The van der Waals surface area contributed by atoms with Crippen molar-refractivity contribution < 1.29 is 19.1 Å². The Bertz CT molecular complexity index is 1360. The fourth-order valence-electron chi connectivity index (χ4n) is 4.39. The molecule has 2 aromatic heterocycles. The standard InChI is InChI=1S/C26H22N2O4/c1-16-9-11-17(12-10-16)24(29)22-23(20-15-27(2)21-8-4-3-7-19(20)21)28(26(31)25(22)30)14-18-6-5-13-32-18/h3-13,15,23,29H,14H2,1-2H3/b24-22+. The molecular formula is C26H22N2O4. The smallest absolute Gasteiger partial charge is 0.296 e. The van der Waals surface area contributed by atoms with Crippen molar-refractivity contribution >= 4 is 28.4 Å². The van der Waals surface area contributed by atoms with Crippen molar-refractivity contribution in [1.29, 1.82) is 0 Å². The topological polar surface area (TPSA) is 75.7 Å². The number of carbonyl (C=O) groups is 2. The number of hydrogen-bond donors (Lipinski definition) is 1. The Morgan fingerprint density at radius 2 is 1.78 bits per heavy atom. The van der Waals surface area contributed by atoms with Gasteiger partial charge in [0.1, 0.15) is 11.5 Å². The first-order valence-corrected chi connectivity index (χ1v) is 10.4. The highest BCUT2D eigenvalue weighted by Crippen LogP contribution is 2.43. The minimum atomic E-state index is -0.743. The van der Waals surface area contributed by atoms with Crippen molar-refractivity contribution in [3.63, 3.8) is 0 Å². The number of Topliss-reactive ketones (excluding diaryl/α,β-unsaturated/α-hetero) is 1. The number of aliphatic hydroxyl groups is 1. The lowest BCUT2D eigenvalue weighted by Gasteiger charge is -2.24. The van der Waals surface area contributed by atoms with E-state index in [1.807, 2.05) is 61.1 Å². The Labute approximate surface area is 185 Å². The molecule has 0 saturated carbocycles. The molecule has 0 bridgehead atoms. The van der Waals surface area contributed by atoms with Crippen molar-refractivity contribution in [2.45, 2.75) is 19.5 Å². The lowest BCUT2D eigenvalue weighted by atomic mass is 9.94. The lowest BCUT2D eigenvalue weighted by molar-refractivity contribution is -0.140. The minimum Gasteiger partial charge on any atom is -0.507 e. The quantitative estimate of drug-likeness (QED) is 0.292. The van der Waals surface area contributed by atoms with Crippen LogP contribution in [0, 0.1) is 6.92 Å². The lowest BCUT2D eigenvalue weighted by Crippen LogP contribution is -2.29. The molecule has 3 heterocycles. The molecule has 1 aliphatic heterocycles. The molecule has 4 aromatic rings. The van der Waals surface area contributed by atoms with Crippen molar-refractivity contribution in [2.24, 2.45) is 7.05 Å². The molecule has 6 heteroatoms. The van der Waals surface area contributed by atoms with Crippen LogP contribution in [0.25, 0.3) is 16.7 Å². The molecule has 1 N–H and O–H groups in total. The number of furan rings is 1. The van der Waals surface area contributed by atoms with Gasteiger partial charge >= 0.3 is 0 Å². The molecule has 1 atom stereocenters. The summed E-state index contributed by atoms with van der Waals surface area (Å²) in [4.78, 5) is 27.8. The zero-order valence-electron chi connectivity index (χ0n) is 17.8. The van der Waals surface area contributed by atoms with Crippen LogP contribution in [0.2, 0.25) is 0 Å². The van der Waals surface area contributed by atoms with Crippen LogP contribution in [0.5, 0.6) is 0 Å². The van der Waals surface area contributed by atoms with Crippen molar-refractivity contribution in [1.82, 2.24) is 9.47 Å². The first kappa shape index (κ1) is 19.9. The van der Waals surface area contributed by atoms with Crippen LogP contribution in [0.15, 0.2) is 83.1 Å². The number of para-hydroxylation sites is 1. The van der Waals surface area contributed by atoms with Crippen LogP contribution in [0.3, 0.4) is 0 Å². The van der Waals surface area contributed by atoms with Gasteiger partial charge in [0.15, 0.2) is 0 Å². The zero-order chi connectivity index (χ0) is 22.4. The second kappa shape index (κ2) is 7.57. The van der Waals surface area contributed by atoms with Gasteiger partial charge in [-0.3, -0.25) is 9.59 Å². The molecule has 1 aliphatic rings. The third-order valence-electron chi connectivity index (χ3n) is 5.99. The maximum atomic E-state index is 13.2. The van der Waals surface area contributed by atoms with E-state index >= 15 is 0 Å². The fraction of sp³-hybridized carbons (Fsp3) is 0.154. The Kier molecular flexibility index (Phi) is 4.70. The predicted molar refractivity (Wildman–Crippen MR) is 121 cm³/mol. The van der Waals surface area contributed by atoms with Gasteiger partial charge in [0.05, 0.1) is 24.4 Å². The maximum absolute atomic E-state index is 13.2. The number of likely N-dealkylation sites (tertiary alicyclic amines) is 1. The van der Waals surface area contributed by atoms with Crippen LogP contribution in [-0.4, -0.2) is 26.3 Å². The third kappa shape index (κ3) is 3.12. The number of hydrogen-bond acceptors (Lipinski definition) is 4. The van der Waals surface area contributed by atoms with Gasteiger partial charge in [-0.15, -0.1) is 0 Å². The molecule has 6 nitrogen and oxygen atoms in total. The highest BCUT2D eigenvalue weighted by Gasteiger charge is 2.47. The molecule has 1 saturated heterocycles. The summed E-state index contributed by atoms with van der Waals surface area (Å²) < 4.78 is 7.42. The van der Waals surface area contributed by atoms with Gasteiger partial charge < -0.3 is 19.0 Å². The first-order chi connectivity index (χ1) is 15.5. The number of aryl methyl sites for hydroxylation is 2. The summed E-state index contributed by atoms with van der Waals surface area (Å²) in [6.07, 6.45) is 3.45. The second-order valence-electron chi connectivity index (χ2n) is 8.08. The van der Waals surface area contributed by atoms with Gasteiger partial charge in [0.2, 0.25) is 0 Å². The number of aliphatic hydroxyl groups excluding tert-OH is 1. The molecule has 5 rings (SSSR count). The van der Waals surface area contributed by atoms with E-state index in [0.717, 1.165) is 22.0 Å². The number of nitrogens with zero attached hydrogens (tertiary/aromatic N) is 2. The number of carbonyl (C=O) groups excluding carboxylic acids is 2. The van der Waals surface area contributed by atoms with Crippen LogP contribution in [0.4, 0.5) is 0 Å². The Morgan fingerprint density at radius 3 is 2.50 bits per heavy atom. The van der Waals surface area contributed by atoms with Crippen LogP contribution < -0.4 is 0 Å². The van der Waals surface area contributed by atoms with E-state index in [1.165, 1.54) is 11.2 Å². The predicted octanol–water partition coefficient (Wildman–Crippen LogP) is 4.70. The molecule has 0 aliphatic carbocycles. The first-order valence-electron chi connectivity index (χ1n) is 10.4. The van der Waals surface area contributed by atoms with E-state index < -0.39 is 17.7 Å². The molecule has 32 heavy (non-hydrogen) atoms. The molecule has 0 radical (unpaired) electrons. The molecule has 1 amide bonds. The van der Waals surface area contributed by atoms with Gasteiger partial charge in [-0.05, 0) is 25.1 Å². The number of aromatic nitrogens is 1. The monoisotopic (exact) mass is 426 g/mol. The van der Waals surface area contributed by atoms with Crippen molar-refractivity contribution in [3.8, 4) is 0 Å². The van der Waals surface area contributed by atoms with E-state index in [-0.39, 0.29) is 17.9 Å². The average molecular weight is 426 g/mol. The maximum Gasteiger partial charge on any atom is 0.296 e. The molecule has 2 aromatic carbocycles. The Morgan fingerprint density at radius 1 is 1.03 bits per heavy atom. The van der Waals surface area contributed by atoms with Crippen LogP contribution in [-0.2, 0) is 23.2 Å². The van der Waals surface area contributed by atoms with E-state index in [4.69, 9.17) is 4.42 Å². The fourth-order valence-corrected chi connectivity index (χ4v) is 4.39. The minimum absolute atomic E-state index is 0.0850. The third-order valence-corrected chi connectivity index (χ3v) is 5.99. The van der Waals surface area contributed by atoms with Gasteiger partial charge in [0.25, 0.3) is 11.7 Å². The van der Waals surface area contributed by atoms with Crippen molar-refractivity contribution in [3.05, 3.63) is 101 Å². The summed E-state index contributed by atoms with van der Waals surface area (Å²) in [7, 11) is 1.92. The molecule has 160 valence electrons. The average Bonchev–Trinajstić information content (AvgIpc) is 3.49. The SMILES string of the molecule is Cc1ccc(/C(O)=C2\C(=O)C(=O)N(Cc3ccco3)C2c2cn(C)c3ccccc23)cc1. The number of benzene rings is 2. The van der Waals surface area contributed by atoms with Gasteiger partial charge in [-0.1, -0.05) is 48.0 Å². The van der Waals surface area contributed by atoms with Gasteiger partial charge in [-0.2, -0.15) is 0 Å². The summed E-state index contributed by atoms with van der Waals surface area (Å²) in [5.74, 6) is -0.976. The van der Waals surface area contributed by atoms with Gasteiger partial charge in [-0.25, -0.2) is 0 Å². The summed E-state index contributed by atoms with van der Waals surface area (Å²) >= 11 is 0.